The molecule has 0 aliphatic carbocycles. The summed E-state index contributed by atoms with van der Waals surface area (Å²) < 4.78 is 37.5. The summed E-state index contributed by atoms with van der Waals surface area (Å²) in [6, 6.07) is 12.0. The molecule has 0 radical (unpaired) electrons. The first kappa shape index (κ1) is 27.8. The average molecular weight is 500 g/mol. The summed E-state index contributed by atoms with van der Waals surface area (Å²) in [6.45, 7) is 6.75. The lowest BCUT2D eigenvalue weighted by molar-refractivity contribution is -0.141. The van der Waals surface area contributed by atoms with Crippen LogP contribution in [-0.4, -0.2) is 44.2 Å². The van der Waals surface area contributed by atoms with E-state index in [0.29, 0.717) is 30.9 Å². The number of hydrogen-bond donors (Lipinski definition) is 0. The topological polar surface area (TPSA) is 114 Å². The molecule has 0 fully saturated rings. The largest absolute Gasteiger partial charge is 0.494 e. The fourth-order valence-corrected chi connectivity index (χ4v) is 2.56. The number of benzene rings is 2. The van der Waals surface area contributed by atoms with E-state index in [2.05, 4.69) is 22.6 Å². The fraction of sp³-hybridized carbons (Fsp3) is 0.231. The van der Waals surface area contributed by atoms with E-state index in [0.717, 1.165) is 0 Å². The number of rotatable bonds is 13. The van der Waals surface area contributed by atoms with E-state index < -0.39 is 29.7 Å². The van der Waals surface area contributed by atoms with Crippen molar-refractivity contribution >= 4 is 23.9 Å². The van der Waals surface area contributed by atoms with E-state index in [1.807, 2.05) is 0 Å². The third-order valence-corrected chi connectivity index (χ3v) is 4.47. The second-order valence-electron chi connectivity index (χ2n) is 7.23. The Labute approximate surface area is 207 Å². The molecule has 2 aromatic carbocycles. The molecule has 0 amide bonds. The molecule has 190 valence electrons. The Hall–Kier alpha value is -4.47. The highest BCUT2D eigenvalue weighted by Crippen LogP contribution is 2.20. The highest BCUT2D eigenvalue weighted by atomic mass is 19.1. The first-order chi connectivity index (χ1) is 17.2. The lowest BCUT2D eigenvalue weighted by Gasteiger charge is -2.09. The van der Waals surface area contributed by atoms with Gasteiger partial charge in [-0.05, 0) is 61.4 Å². The molecule has 0 bridgehead atoms. The lowest BCUT2D eigenvalue weighted by atomic mass is 10.2. The molecule has 2 rings (SSSR count). The highest BCUT2D eigenvalue weighted by molar-refractivity contribution is 5.95. The second kappa shape index (κ2) is 14.1. The second-order valence-corrected chi connectivity index (χ2v) is 7.23. The molecule has 0 saturated heterocycles. The summed E-state index contributed by atoms with van der Waals surface area (Å²) in [5.41, 5.74) is 0.156. The van der Waals surface area contributed by atoms with Gasteiger partial charge in [-0.1, -0.05) is 13.2 Å². The van der Waals surface area contributed by atoms with Crippen LogP contribution in [0.4, 0.5) is 4.39 Å². The molecule has 0 atom stereocenters. The van der Waals surface area contributed by atoms with Gasteiger partial charge in [0.25, 0.3) is 0 Å². The Morgan fingerprint density at radius 2 is 1.33 bits per heavy atom. The first-order valence-electron chi connectivity index (χ1n) is 10.7. The van der Waals surface area contributed by atoms with Gasteiger partial charge < -0.3 is 23.7 Å². The van der Waals surface area contributed by atoms with Gasteiger partial charge in [0.1, 0.15) is 17.2 Å². The van der Waals surface area contributed by atoms with Gasteiger partial charge in [0.15, 0.2) is 0 Å². The zero-order chi connectivity index (χ0) is 26.5. The molecule has 0 aliphatic heterocycles. The van der Waals surface area contributed by atoms with Crippen molar-refractivity contribution in [3.05, 3.63) is 78.7 Å². The van der Waals surface area contributed by atoms with Crippen LogP contribution < -0.4 is 14.2 Å². The number of carbonyl (C=O) groups is 4. The molecule has 0 heterocycles. The van der Waals surface area contributed by atoms with Crippen molar-refractivity contribution in [2.45, 2.75) is 19.3 Å². The predicted molar refractivity (Wildman–Crippen MR) is 125 cm³/mol. The first-order valence-corrected chi connectivity index (χ1v) is 10.7. The summed E-state index contributed by atoms with van der Waals surface area (Å²) in [6.07, 6.45) is 0.779. The van der Waals surface area contributed by atoms with Crippen molar-refractivity contribution in [2.75, 3.05) is 20.3 Å². The SMILES string of the molecule is C=C(F)C(=O)OCCCCOc1ccc(OC(=O)c2ccc(OC(=O)C(=C)CC(=O)OC)cc2)cc1. The molecule has 0 spiro atoms. The van der Waals surface area contributed by atoms with Crippen LogP contribution >= 0.6 is 0 Å². The van der Waals surface area contributed by atoms with Gasteiger partial charge in [-0.3, -0.25) is 4.79 Å². The Morgan fingerprint density at radius 1 is 0.778 bits per heavy atom. The van der Waals surface area contributed by atoms with Gasteiger partial charge in [0.05, 0.1) is 32.3 Å². The van der Waals surface area contributed by atoms with Crippen LogP contribution in [0.3, 0.4) is 0 Å². The number of ether oxygens (including phenoxy) is 5. The summed E-state index contributed by atoms with van der Waals surface area (Å²) in [5, 5.41) is 0. The third kappa shape index (κ3) is 9.41. The van der Waals surface area contributed by atoms with Crippen molar-refractivity contribution in [3.63, 3.8) is 0 Å². The van der Waals surface area contributed by atoms with E-state index in [9.17, 15) is 23.6 Å². The van der Waals surface area contributed by atoms with Crippen molar-refractivity contribution in [1.29, 1.82) is 0 Å². The average Bonchev–Trinajstić information content (AvgIpc) is 2.87. The molecule has 0 aliphatic rings. The maximum atomic E-state index is 12.5. The Balaban J connectivity index is 1.76. The van der Waals surface area contributed by atoms with Crippen molar-refractivity contribution < 1.29 is 47.3 Å². The molecule has 10 heteroatoms. The van der Waals surface area contributed by atoms with Crippen molar-refractivity contribution in [3.8, 4) is 17.2 Å². The smallest absolute Gasteiger partial charge is 0.366 e. The predicted octanol–water partition coefficient (Wildman–Crippen LogP) is 4.12. The maximum Gasteiger partial charge on any atom is 0.366 e. The van der Waals surface area contributed by atoms with Gasteiger partial charge in [-0.25, -0.2) is 14.4 Å². The number of esters is 4. The lowest BCUT2D eigenvalue weighted by Crippen LogP contribution is -2.14. The van der Waals surface area contributed by atoms with Crippen LogP contribution in [0.25, 0.3) is 0 Å². The minimum atomic E-state index is -1.13. The minimum absolute atomic E-state index is 0.0636. The van der Waals surface area contributed by atoms with Gasteiger partial charge in [-0.2, -0.15) is 4.39 Å². The number of unbranched alkanes of at least 4 members (excludes halogenated alkanes) is 1. The van der Waals surface area contributed by atoms with Crippen molar-refractivity contribution in [1.82, 2.24) is 0 Å². The zero-order valence-electron chi connectivity index (χ0n) is 19.6. The number of hydrogen-bond acceptors (Lipinski definition) is 9. The van der Waals surface area contributed by atoms with E-state index in [4.69, 9.17) is 14.2 Å². The molecular formula is C26H25FO9. The molecule has 0 aromatic heterocycles. The zero-order valence-corrected chi connectivity index (χ0v) is 19.6. The number of methoxy groups -OCH3 is 1. The van der Waals surface area contributed by atoms with Crippen LogP contribution in [-0.2, 0) is 23.9 Å². The van der Waals surface area contributed by atoms with Gasteiger partial charge >= 0.3 is 23.9 Å². The van der Waals surface area contributed by atoms with Crippen LogP contribution in [0.15, 0.2) is 73.1 Å². The van der Waals surface area contributed by atoms with Gasteiger partial charge in [0.2, 0.25) is 5.83 Å². The minimum Gasteiger partial charge on any atom is -0.494 e. The molecule has 9 nitrogen and oxygen atoms in total. The van der Waals surface area contributed by atoms with Crippen LogP contribution in [0, 0.1) is 0 Å². The van der Waals surface area contributed by atoms with E-state index >= 15 is 0 Å². The monoisotopic (exact) mass is 500 g/mol. The Bertz CT molecular complexity index is 1110. The van der Waals surface area contributed by atoms with Gasteiger partial charge in [0, 0.05) is 5.57 Å². The molecule has 0 saturated carbocycles. The van der Waals surface area contributed by atoms with Crippen LogP contribution in [0.5, 0.6) is 17.2 Å². The molecular weight excluding hydrogens is 475 g/mol. The molecule has 2 aromatic rings. The molecule has 0 unspecified atom stereocenters. The number of halogens is 1. The summed E-state index contributed by atoms with van der Waals surface area (Å²) in [4.78, 5) is 46.4. The molecule has 36 heavy (non-hydrogen) atoms. The normalized spacial score (nSPS) is 10.1. The summed E-state index contributed by atoms with van der Waals surface area (Å²) in [5.74, 6) is -3.23. The Morgan fingerprint density at radius 3 is 1.94 bits per heavy atom. The maximum absolute atomic E-state index is 12.5. The van der Waals surface area contributed by atoms with Crippen molar-refractivity contribution in [2.24, 2.45) is 0 Å². The van der Waals surface area contributed by atoms with Gasteiger partial charge in [-0.15, -0.1) is 0 Å². The van der Waals surface area contributed by atoms with Crippen LogP contribution in [0.2, 0.25) is 0 Å². The fourth-order valence-electron chi connectivity index (χ4n) is 2.56. The highest BCUT2D eigenvalue weighted by Gasteiger charge is 2.15. The molecule has 0 N–H and O–H groups in total. The van der Waals surface area contributed by atoms with Crippen LogP contribution in [0.1, 0.15) is 29.6 Å². The standard InChI is InChI=1S/C26H25FO9/c1-17(16-23(28)32-3)24(29)35-21-8-6-19(7-9-21)26(31)36-22-12-10-20(11-13-22)33-14-4-5-15-34-25(30)18(2)27/h6-13H,1-2,4-5,14-16H2,3H3. The summed E-state index contributed by atoms with van der Waals surface area (Å²) in [7, 11) is 1.20. The third-order valence-electron chi connectivity index (χ3n) is 4.47. The quantitative estimate of drug-likeness (QED) is 0.173. The van der Waals surface area contributed by atoms with E-state index in [1.54, 1.807) is 24.3 Å². The van der Waals surface area contributed by atoms with E-state index in [-0.39, 0.29) is 29.9 Å². The number of carbonyl (C=O) groups excluding carboxylic acids is 4. The summed E-state index contributed by atoms with van der Waals surface area (Å²) >= 11 is 0. The van der Waals surface area contributed by atoms with E-state index in [1.165, 1.54) is 31.4 Å². The Kier molecular flexibility index (Phi) is 10.8.